The molecule has 0 radical (unpaired) electrons. The standard InChI is InChI=1S/C18H24N2O/c1-6-19(7-2)16-8-10-17(11-9-16)20-13(3)12-18(14(20)4)15(5)21/h8-12H,6-7H2,1-5H3. The molecule has 0 aliphatic carbocycles. The van der Waals surface area contributed by atoms with Crippen molar-refractivity contribution >= 4 is 11.5 Å². The van der Waals surface area contributed by atoms with Crippen molar-refractivity contribution in [3.05, 3.63) is 47.3 Å². The Bertz CT molecular complexity index is 634. The van der Waals surface area contributed by atoms with E-state index in [1.807, 2.05) is 19.9 Å². The second-order valence-corrected chi connectivity index (χ2v) is 5.37. The molecule has 0 spiro atoms. The van der Waals surface area contributed by atoms with Crippen molar-refractivity contribution in [1.29, 1.82) is 0 Å². The lowest BCUT2D eigenvalue weighted by Gasteiger charge is -2.21. The maximum atomic E-state index is 11.7. The van der Waals surface area contributed by atoms with Crippen LogP contribution in [0.3, 0.4) is 0 Å². The first-order valence-corrected chi connectivity index (χ1v) is 7.54. The van der Waals surface area contributed by atoms with Crippen LogP contribution in [-0.4, -0.2) is 23.4 Å². The van der Waals surface area contributed by atoms with E-state index in [9.17, 15) is 4.79 Å². The summed E-state index contributed by atoms with van der Waals surface area (Å²) in [4.78, 5) is 14.0. The van der Waals surface area contributed by atoms with Crippen molar-refractivity contribution in [1.82, 2.24) is 4.57 Å². The molecule has 0 amide bonds. The zero-order valence-electron chi connectivity index (χ0n) is 13.6. The van der Waals surface area contributed by atoms with Gasteiger partial charge in [-0.1, -0.05) is 0 Å². The summed E-state index contributed by atoms with van der Waals surface area (Å²) in [6.07, 6.45) is 0. The third kappa shape index (κ3) is 2.87. The Labute approximate surface area is 127 Å². The second kappa shape index (κ2) is 6.17. The summed E-state index contributed by atoms with van der Waals surface area (Å²) in [5.74, 6) is 0.120. The van der Waals surface area contributed by atoms with Crippen molar-refractivity contribution < 1.29 is 4.79 Å². The van der Waals surface area contributed by atoms with Crippen LogP contribution in [0.4, 0.5) is 5.69 Å². The summed E-state index contributed by atoms with van der Waals surface area (Å²) >= 11 is 0. The number of anilines is 1. The molecule has 1 aromatic heterocycles. The summed E-state index contributed by atoms with van der Waals surface area (Å²) < 4.78 is 2.14. The van der Waals surface area contributed by atoms with E-state index in [0.29, 0.717) is 0 Å². The van der Waals surface area contributed by atoms with Crippen molar-refractivity contribution in [2.45, 2.75) is 34.6 Å². The average Bonchev–Trinajstić information content (AvgIpc) is 2.76. The number of aryl methyl sites for hydroxylation is 1. The molecule has 3 heteroatoms. The Morgan fingerprint density at radius 1 is 1.10 bits per heavy atom. The van der Waals surface area contributed by atoms with Crippen molar-refractivity contribution in [2.24, 2.45) is 0 Å². The first-order chi connectivity index (χ1) is 9.99. The molecule has 1 heterocycles. The number of nitrogens with zero attached hydrogens (tertiary/aromatic N) is 2. The molecule has 0 aliphatic heterocycles. The Morgan fingerprint density at radius 3 is 2.10 bits per heavy atom. The number of rotatable bonds is 5. The molecular formula is C18H24N2O. The Morgan fingerprint density at radius 2 is 1.67 bits per heavy atom. The molecule has 0 bridgehead atoms. The van der Waals surface area contributed by atoms with E-state index < -0.39 is 0 Å². The number of hydrogen-bond donors (Lipinski definition) is 0. The number of benzene rings is 1. The van der Waals surface area contributed by atoms with Crippen molar-refractivity contribution in [3.8, 4) is 5.69 Å². The van der Waals surface area contributed by atoms with E-state index in [1.54, 1.807) is 6.92 Å². The van der Waals surface area contributed by atoms with E-state index in [4.69, 9.17) is 0 Å². The van der Waals surface area contributed by atoms with Crippen LogP contribution in [0, 0.1) is 13.8 Å². The normalized spacial score (nSPS) is 10.7. The SMILES string of the molecule is CCN(CC)c1ccc(-n2c(C)cc(C(C)=O)c2C)cc1. The average molecular weight is 284 g/mol. The second-order valence-electron chi connectivity index (χ2n) is 5.37. The van der Waals surface area contributed by atoms with Crippen LogP contribution >= 0.6 is 0 Å². The zero-order chi connectivity index (χ0) is 15.6. The molecule has 2 rings (SSSR count). The molecule has 3 nitrogen and oxygen atoms in total. The van der Waals surface area contributed by atoms with Crippen LogP contribution in [0.5, 0.6) is 0 Å². The molecule has 0 N–H and O–H groups in total. The fourth-order valence-corrected chi connectivity index (χ4v) is 2.92. The predicted octanol–water partition coefficient (Wildman–Crippen LogP) is 4.14. The number of ketones is 1. The number of carbonyl (C=O) groups excluding carboxylic acids is 1. The number of aromatic nitrogens is 1. The third-order valence-electron chi connectivity index (χ3n) is 4.05. The Hall–Kier alpha value is -2.03. The molecule has 0 unspecified atom stereocenters. The summed E-state index contributed by atoms with van der Waals surface area (Å²) in [5.41, 5.74) is 5.25. The maximum absolute atomic E-state index is 11.7. The summed E-state index contributed by atoms with van der Waals surface area (Å²) in [5, 5.41) is 0. The smallest absolute Gasteiger partial charge is 0.161 e. The molecule has 0 saturated carbocycles. The summed E-state index contributed by atoms with van der Waals surface area (Å²) in [6.45, 7) is 12.0. The number of Topliss-reactive ketones (excluding diaryl/α,β-unsaturated/α-hetero) is 1. The zero-order valence-corrected chi connectivity index (χ0v) is 13.6. The van der Waals surface area contributed by atoms with Gasteiger partial charge in [-0.2, -0.15) is 0 Å². The van der Waals surface area contributed by atoms with Crippen LogP contribution in [-0.2, 0) is 0 Å². The topological polar surface area (TPSA) is 25.2 Å². The van der Waals surface area contributed by atoms with Gasteiger partial charge in [0, 0.05) is 41.4 Å². The molecule has 21 heavy (non-hydrogen) atoms. The highest BCUT2D eigenvalue weighted by molar-refractivity contribution is 5.95. The van der Waals surface area contributed by atoms with Crippen LogP contribution in [0.25, 0.3) is 5.69 Å². The molecular weight excluding hydrogens is 260 g/mol. The molecule has 0 fully saturated rings. The van der Waals surface area contributed by atoms with Gasteiger partial charge in [0.1, 0.15) is 0 Å². The van der Waals surface area contributed by atoms with Crippen LogP contribution in [0.1, 0.15) is 42.5 Å². The minimum Gasteiger partial charge on any atom is -0.372 e. The fraction of sp³-hybridized carbons (Fsp3) is 0.389. The molecule has 1 aromatic carbocycles. The lowest BCUT2D eigenvalue weighted by molar-refractivity contribution is 0.101. The van der Waals surface area contributed by atoms with Gasteiger partial charge in [0.2, 0.25) is 0 Å². The van der Waals surface area contributed by atoms with Gasteiger partial charge in [0.25, 0.3) is 0 Å². The van der Waals surface area contributed by atoms with Gasteiger partial charge < -0.3 is 9.47 Å². The fourth-order valence-electron chi connectivity index (χ4n) is 2.92. The van der Waals surface area contributed by atoms with E-state index >= 15 is 0 Å². The van der Waals surface area contributed by atoms with Crippen LogP contribution < -0.4 is 4.90 Å². The number of hydrogen-bond acceptors (Lipinski definition) is 2. The van der Waals surface area contributed by atoms with Crippen molar-refractivity contribution in [3.63, 3.8) is 0 Å². The minimum atomic E-state index is 0.120. The van der Waals surface area contributed by atoms with E-state index in [0.717, 1.165) is 35.7 Å². The Balaban J connectivity index is 2.42. The molecule has 0 aliphatic rings. The highest BCUT2D eigenvalue weighted by atomic mass is 16.1. The largest absolute Gasteiger partial charge is 0.372 e. The minimum absolute atomic E-state index is 0.120. The van der Waals surface area contributed by atoms with Crippen molar-refractivity contribution in [2.75, 3.05) is 18.0 Å². The summed E-state index contributed by atoms with van der Waals surface area (Å²) in [7, 11) is 0. The van der Waals surface area contributed by atoms with Crippen LogP contribution in [0.2, 0.25) is 0 Å². The highest BCUT2D eigenvalue weighted by Gasteiger charge is 2.13. The number of carbonyl (C=O) groups is 1. The first-order valence-electron chi connectivity index (χ1n) is 7.54. The lowest BCUT2D eigenvalue weighted by atomic mass is 10.2. The van der Waals surface area contributed by atoms with E-state index in [1.165, 1.54) is 5.69 Å². The maximum Gasteiger partial charge on any atom is 0.161 e. The summed E-state index contributed by atoms with van der Waals surface area (Å²) in [6, 6.07) is 10.5. The Kier molecular flexibility index (Phi) is 4.51. The third-order valence-corrected chi connectivity index (χ3v) is 4.05. The van der Waals surface area contributed by atoms with Gasteiger partial charge in [0.05, 0.1) is 0 Å². The van der Waals surface area contributed by atoms with Gasteiger partial charge in [-0.25, -0.2) is 0 Å². The molecule has 2 aromatic rings. The van der Waals surface area contributed by atoms with E-state index in [2.05, 4.69) is 47.6 Å². The molecule has 112 valence electrons. The van der Waals surface area contributed by atoms with Gasteiger partial charge in [0.15, 0.2) is 5.78 Å². The first kappa shape index (κ1) is 15.4. The highest BCUT2D eigenvalue weighted by Crippen LogP contribution is 2.23. The quantitative estimate of drug-likeness (QED) is 0.771. The van der Waals surface area contributed by atoms with Gasteiger partial charge in [-0.3, -0.25) is 4.79 Å². The van der Waals surface area contributed by atoms with Gasteiger partial charge in [-0.05, 0) is 65.0 Å². The van der Waals surface area contributed by atoms with Gasteiger partial charge >= 0.3 is 0 Å². The molecule has 0 saturated heterocycles. The monoisotopic (exact) mass is 284 g/mol. The lowest BCUT2D eigenvalue weighted by Crippen LogP contribution is -2.21. The van der Waals surface area contributed by atoms with Crippen LogP contribution in [0.15, 0.2) is 30.3 Å². The van der Waals surface area contributed by atoms with Gasteiger partial charge in [-0.15, -0.1) is 0 Å². The van der Waals surface area contributed by atoms with E-state index in [-0.39, 0.29) is 5.78 Å². The predicted molar refractivity (Wildman–Crippen MR) is 88.8 cm³/mol. The molecule has 0 atom stereocenters.